The zero-order chi connectivity index (χ0) is 45.2. The van der Waals surface area contributed by atoms with E-state index in [-0.39, 0.29) is 66.3 Å². The van der Waals surface area contributed by atoms with Gasteiger partial charge >= 0.3 is 0 Å². The van der Waals surface area contributed by atoms with Gasteiger partial charge in [0.25, 0.3) is 23.2 Å². The van der Waals surface area contributed by atoms with E-state index in [0.29, 0.717) is 86.2 Å². The maximum atomic E-state index is 15.8. The van der Waals surface area contributed by atoms with Gasteiger partial charge in [0.2, 0.25) is 0 Å². The van der Waals surface area contributed by atoms with Gasteiger partial charge in [0, 0.05) is 115 Å². The molecule has 2 unspecified atom stereocenters. The second-order valence-electron chi connectivity index (χ2n) is 16.5. The Morgan fingerprint density at radius 2 is 0.844 bits per heavy atom. The van der Waals surface area contributed by atoms with Crippen LogP contribution in [-0.2, 0) is 4.79 Å². The maximum Gasteiger partial charge on any atom is 0.270 e. The van der Waals surface area contributed by atoms with E-state index in [9.17, 15) is 34.6 Å². The number of anilines is 4. The highest BCUT2D eigenvalue weighted by atomic mass is 19.1. The molecular formula is C47H48F2N8O7. The largest absolute Gasteiger partial charge is 0.366 e. The quantitative estimate of drug-likeness (QED) is 0.0826. The van der Waals surface area contributed by atoms with Crippen LogP contribution in [-0.4, -0.2) is 116 Å². The lowest BCUT2D eigenvalue weighted by atomic mass is 9.85. The topological polar surface area (TPSA) is 157 Å². The molecule has 2 amide bonds. The molecule has 332 valence electrons. The zero-order valence-corrected chi connectivity index (χ0v) is 35.6. The lowest BCUT2D eigenvalue weighted by Crippen LogP contribution is -2.49. The maximum absolute atomic E-state index is 15.8. The van der Waals surface area contributed by atoms with Crippen LogP contribution in [0.2, 0.25) is 0 Å². The number of nitrogens with zero attached hydrogens (tertiary/aromatic N) is 8. The van der Waals surface area contributed by atoms with Crippen LogP contribution in [0, 0.1) is 31.9 Å². The molecule has 4 aromatic carbocycles. The first-order valence-electron chi connectivity index (χ1n) is 21.4. The third-order valence-corrected chi connectivity index (χ3v) is 12.8. The minimum Gasteiger partial charge on any atom is -0.366 e. The molecule has 4 aromatic rings. The molecule has 2 fully saturated rings. The molecule has 4 aliphatic heterocycles. The Morgan fingerprint density at radius 1 is 0.500 bits per heavy atom. The number of hydrogen-bond acceptors (Lipinski definition) is 11. The van der Waals surface area contributed by atoms with Crippen molar-refractivity contribution in [1.29, 1.82) is 0 Å². The number of rotatable bonds is 12. The van der Waals surface area contributed by atoms with Gasteiger partial charge in [0.1, 0.15) is 17.4 Å². The van der Waals surface area contributed by atoms with Crippen molar-refractivity contribution in [2.24, 2.45) is 0 Å². The number of benzene rings is 4. The van der Waals surface area contributed by atoms with E-state index >= 15 is 8.78 Å². The molecule has 8 rings (SSSR count). The average molecular weight is 875 g/mol. The van der Waals surface area contributed by atoms with Crippen LogP contribution in [0.25, 0.3) is 0 Å². The van der Waals surface area contributed by atoms with E-state index in [1.165, 1.54) is 36.4 Å². The molecule has 0 spiro atoms. The third kappa shape index (κ3) is 8.74. The van der Waals surface area contributed by atoms with Gasteiger partial charge in [-0.2, -0.15) is 0 Å². The number of Topliss-reactive ketones (excluding diaryl/α,β-unsaturated/α-hetero) is 1. The van der Waals surface area contributed by atoms with Gasteiger partial charge < -0.3 is 29.4 Å². The highest BCUT2D eigenvalue weighted by Gasteiger charge is 2.32. The summed E-state index contributed by atoms with van der Waals surface area (Å²) in [6, 6.07) is 18.0. The van der Waals surface area contributed by atoms with Gasteiger partial charge in [-0.1, -0.05) is 50.3 Å². The Bertz CT molecular complexity index is 2380. The summed E-state index contributed by atoms with van der Waals surface area (Å²) in [5, 5.41) is 23.1. The molecular weight excluding hydrogens is 827 g/mol. The van der Waals surface area contributed by atoms with Crippen molar-refractivity contribution < 1.29 is 33.0 Å². The Labute approximate surface area is 368 Å². The molecule has 15 nitrogen and oxygen atoms in total. The van der Waals surface area contributed by atoms with Crippen molar-refractivity contribution in [3.05, 3.63) is 151 Å². The van der Waals surface area contributed by atoms with Crippen LogP contribution >= 0.6 is 0 Å². The monoisotopic (exact) mass is 874 g/mol. The summed E-state index contributed by atoms with van der Waals surface area (Å²) in [6.45, 7) is 8.19. The van der Waals surface area contributed by atoms with E-state index in [1.54, 1.807) is 60.0 Å². The van der Waals surface area contributed by atoms with E-state index in [0.717, 1.165) is 0 Å². The number of carbonyl (C=O) groups excluding carboxylic acids is 3. The fourth-order valence-electron chi connectivity index (χ4n) is 8.96. The Hall–Kier alpha value is -7.17. The predicted molar refractivity (Wildman–Crippen MR) is 240 cm³/mol. The van der Waals surface area contributed by atoms with Crippen molar-refractivity contribution in [1.82, 2.24) is 9.80 Å². The van der Waals surface area contributed by atoms with Crippen molar-refractivity contribution in [3.63, 3.8) is 0 Å². The third-order valence-electron chi connectivity index (χ3n) is 12.8. The first kappa shape index (κ1) is 43.5. The van der Waals surface area contributed by atoms with Gasteiger partial charge in [-0.3, -0.25) is 34.6 Å². The number of amides is 2. The fraction of sp³-hybridized carbons (Fsp3) is 0.340. The summed E-state index contributed by atoms with van der Waals surface area (Å²) in [5.41, 5.74) is 3.03. The van der Waals surface area contributed by atoms with Gasteiger partial charge in [-0.05, 0) is 47.5 Å². The number of nitro groups is 2. The second kappa shape index (κ2) is 18.3. The average Bonchev–Trinajstić information content (AvgIpc) is 4.06. The lowest BCUT2D eigenvalue weighted by Gasteiger charge is -2.37. The van der Waals surface area contributed by atoms with Crippen LogP contribution < -0.4 is 19.6 Å². The summed E-state index contributed by atoms with van der Waals surface area (Å²) in [5.74, 6) is -3.30. The van der Waals surface area contributed by atoms with Crippen molar-refractivity contribution in [3.8, 4) is 0 Å². The van der Waals surface area contributed by atoms with E-state index < -0.39 is 33.3 Å². The molecule has 4 heterocycles. The number of ketones is 1. The predicted octanol–water partition coefficient (Wildman–Crippen LogP) is 6.93. The first-order chi connectivity index (χ1) is 30.8. The molecule has 0 N–H and O–H groups in total. The summed E-state index contributed by atoms with van der Waals surface area (Å²) in [4.78, 5) is 74.1. The number of hydrogen-bond donors (Lipinski definition) is 0. The minimum atomic E-state index is -0.704. The van der Waals surface area contributed by atoms with Gasteiger partial charge in [-0.25, -0.2) is 8.78 Å². The lowest BCUT2D eigenvalue weighted by molar-refractivity contribution is -0.385. The molecule has 4 aliphatic rings. The number of carbonyl (C=O) groups is 3. The number of nitro benzene ring substituents is 2. The molecule has 17 heteroatoms. The Balaban J connectivity index is 0.869. The van der Waals surface area contributed by atoms with Crippen LogP contribution in [0.1, 0.15) is 57.5 Å². The number of piperazine rings is 2. The van der Waals surface area contributed by atoms with E-state index in [4.69, 9.17) is 0 Å². The van der Waals surface area contributed by atoms with Gasteiger partial charge in [0.05, 0.1) is 43.7 Å². The molecule has 0 aliphatic carbocycles. The summed E-state index contributed by atoms with van der Waals surface area (Å²) in [7, 11) is 0. The van der Waals surface area contributed by atoms with Crippen molar-refractivity contribution in [2.75, 3.05) is 98.1 Å². The fourth-order valence-corrected chi connectivity index (χ4v) is 8.96. The van der Waals surface area contributed by atoms with Crippen molar-refractivity contribution >= 4 is 51.7 Å². The van der Waals surface area contributed by atoms with Crippen LogP contribution in [0.15, 0.2) is 97.1 Å². The second-order valence-corrected chi connectivity index (χ2v) is 16.5. The van der Waals surface area contributed by atoms with Crippen LogP contribution in [0.3, 0.4) is 0 Å². The Morgan fingerprint density at radius 3 is 1.17 bits per heavy atom. The SMILES string of the molecule is CC(C(=O)C(C)c1ccc(N2CCN(C(=O)c3cc([N+](=O)[O-])ccc3N3CC=CC3)CC2)c(F)c1)c1ccc(N2CCN(C(=O)c3cc([N+](=O)[O-])ccc3N3CC=CC3)CC2)c(F)c1. The molecule has 0 radical (unpaired) electrons. The normalized spacial score (nSPS) is 17.2. The molecule has 64 heavy (non-hydrogen) atoms. The van der Waals surface area contributed by atoms with Crippen LogP contribution in [0.4, 0.5) is 42.9 Å². The molecule has 0 bridgehead atoms. The van der Waals surface area contributed by atoms with Crippen molar-refractivity contribution in [2.45, 2.75) is 25.7 Å². The van der Waals surface area contributed by atoms with E-state index in [2.05, 4.69) is 0 Å². The Kier molecular flexibility index (Phi) is 12.4. The van der Waals surface area contributed by atoms with Gasteiger partial charge in [0.15, 0.2) is 0 Å². The van der Waals surface area contributed by atoms with Crippen LogP contribution in [0.5, 0.6) is 0 Å². The molecule has 2 atom stereocenters. The smallest absolute Gasteiger partial charge is 0.270 e. The highest BCUT2D eigenvalue weighted by molar-refractivity contribution is 6.01. The standard InChI is InChI=1S/C47H48F2N8O7/c1-31(33-7-11-43(39(48)27-33)52-19-23-54(24-20-52)46(59)37-29-35(56(61)62)9-13-41(37)50-15-3-4-16-50)45(58)32(2)34-8-12-44(40(49)28-34)53-21-25-55(26-22-53)47(60)38-30-36(57(63)64)10-14-42(38)51-17-5-6-18-51/h3-14,27-32H,15-26H2,1-2H3. The molecule has 0 aromatic heterocycles. The molecule has 2 saturated heterocycles. The zero-order valence-electron chi connectivity index (χ0n) is 35.6. The molecule has 0 saturated carbocycles. The first-order valence-corrected chi connectivity index (χ1v) is 21.4. The highest BCUT2D eigenvalue weighted by Crippen LogP contribution is 2.34. The number of non-ortho nitro benzene ring substituents is 2. The summed E-state index contributed by atoms with van der Waals surface area (Å²) >= 11 is 0. The summed E-state index contributed by atoms with van der Waals surface area (Å²) in [6.07, 6.45) is 7.89. The number of halogens is 2. The van der Waals surface area contributed by atoms with Gasteiger partial charge in [-0.15, -0.1) is 0 Å². The van der Waals surface area contributed by atoms with E-state index in [1.807, 2.05) is 43.9 Å². The minimum absolute atomic E-state index is 0.168. The summed E-state index contributed by atoms with van der Waals surface area (Å²) < 4.78 is 31.6.